The predicted molar refractivity (Wildman–Crippen MR) is 80.1 cm³/mol. The quantitative estimate of drug-likeness (QED) is 0.854. The van der Waals surface area contributed by atoms with Crippen LogP contribution < -0.4 is 5.73 Å². The van der Waals surface area contributed by atoms with Gasteiger partial charge in [0.1, 0.15) is 11.5 Å². The minimum atomic E-state index is 0.543. The fourth-order valence-electron chi connectivity index (χ4n) is 1.77. The van der Waals surface area contributed by atoms with Crippen molar-refractivity contribution in [3.8, 4) is 11.5 Å². The van der Waals surface area contributed by atoms with Gasteiger partial charge in [0.25, 0.3) is 0 Å². The highest BCUT2D eigenvalue weighted by Gasteiger charge is 2.13. The topological polar surface area (TPSA) is 69.6 Å². The van der Waals surface area contributed by atoms with Crippen molar-refractivity contribution >= 4 is 28.4 Å². The molecule has 0 radical (unpaired) electrons. The van der Waals surface area contributed by atoms with Crippen LogP contribution in [0.4, 0.5) is 5.82 Å². The standard InChI is InChI=1S/C12H16IN5/c1-3-7-18-9(5-6-15-18)12-16-8(4-2)10(13)11(14)17-12/h5-6H,3-4,7H2,1-2H3,(H2,14,16,17). The van der Waals surface area contributed by atoms with Gasteiger partial charge in [-0.1, -0.05) is 13.8 Å². The molecule has 0 amide bonds. The maximum absolute atomic E-state index is 5.94. The molecule has 2 aromatic rings. The Kier molecular flexibility index (Phi) is 4.15. The third-order valence-electron chi connectivity index (χ3n) is 2.66. The largest absolute Gasteiger partial charge is 0.383 e. The number of aryl methyl sites for hydroxylation is 2. The molecule has 6 heteroatoms. The molecule has 0 saturated heterocycles. The Bertz CT molecular complexity index is 549. The second-order valence-electron chi connectivity index (χ2n) is 3.99. The zero-order valence-electron chi connectivity index (χ0n) is 10.5. The van der Waals surface area contributed by atoms with Crippen molar-refractivity contribution in [2.45, 2.75) is 33.2 Å². The van der Waals surface area contributed by atoms with Gasteiger partial charge in [0, 0.05) is 12.7 Å². The van der Waals surface area contributed by atoms with Gasteiger partial charge < -0.3 is 5.73 Å². The number of nitrogen functional groups attached to an aromatic ring is 1. The van der Waals surface area contributed by atoms with Crippen molar-refractivity contribution < 1.29 is 0 Å². The van der Waals surface area contributed by atoms with Crippen LogP contribution in [0.5, 0.6) is 0 Å². The summed E-state index contributed by atoms with van der Waals surface area (Å²) in [5.74, 6) is 1.21. The Hall–Kier alpha value is -1.18. The summed E-state index contributed by atoms with van der Waals surface area (Å²) < 4.78 is 2.86. The molecule has 0 atom stereocenters. The highest BCUT2D eigenvalue weighted by Crippen LogP contribution is 2.22. The fourth-order valence-corrected chi connectivity index (χ4v) is 2.40. The Morgan fingerprint density at radius 3 is 2.78 bits per heavy atom. The van der Waals surface area contributed by atoms with Crippen LogP contribution in [0.25, 0.3) is 11.5 Å². The maximum atomic E-state index is 5.94. The molecule has 2 aromatic heterocycles. The van der Waals surface area contributed by atoms with Gasteiger partial charge in [0.05, 0.1) is 9.26 Å². The first-order valence-corrected chi connectivity index (χ1v) is 7.09. The zero-order chi connectivity index (χ0) is 13.1. The number of nitrogens with zero attached hydrogens (tertiary/aromatic N) is 4. The number of anilines is 1. The van der Waals surface area contributed by atoms with Crippen molar-refractivity contribution in [2.75, 3.05) is 5.73 Å². The maximum Gasteiger partial charge on any atom is 0.180 e. The van der Waals surface area contributed by atoms with Gasteiger partial charge in [-0.2, -0.15) is 5.10 Å². The van der Waals surface area contributed by atoms with Crippen LogP contribution in [0.2, 0.25) is 0 Å². The van der Waals surface area contributed by atoms with Crippen LogP contribution in [0.15, 0.2) is 12.3 Å². The van der Waals surface area contributed by atoms with Gasteiger partial charge in [-0.05, 0) is 41.5 Å². The fraction of sp³-hybridized carbons (Fsp3) is 0.417. The van der Waals surface area contributed by atoms with Crippen LogP contribution in [-0.4, -0.2) is 19.7 Å². The molecule has 0 aliphatic heterocycles. The lowest BCUT2D eigenvalue weighted by atomic mass is 10.3. The van der Waals surface area contributed by atoms with E-state index in [0.717, 1.165) is 34.3 Å². The van der Waals surface area contributed by atoms with E-state index in [9.17, 15) is 0 Å². The Morgan fingerprint density at radius 2 is 2.11 bits per heavy atom. The van der Waals surface area contributed by atoms with E-state index in [4.69, 9.17) is 5.73 Å². The summed E-state index contributed by atoms with van der Waals surface area (Å²) in [5.41, 5.74) is 7.85. The predicted octanol–water partition coefficient (Wildman–Crippen LogP) is 2.50. The molecule has 0 spiro atoms. The molecule has 96 valence electrons. The Morgan fingerprint density at radius 1 is 1.33 bits per heavy atom. The highest BCUT2D eigenvalue weighted by molar-refractivity contribution is 14.1. The summed E-state index contributed by atoms with van der Waals surface area (Å²) in [6, 6.07) is 1.93. The molecular formula is C12H16IN5. The van der Waals surface area contributed by atoms with Crippen molar-refractivity contribution in [2.24, 2.45) is 0 Å². The lowest BCUT2D eigenvalue weighted by Crippen LogP contribution is -2.08. The van der Waals surface area contributed by atoms with Crippen LogP contribution in [0.1, 0.15) is 26.0 Å². The number of nitrogens with two attached hydrogens (primary N) is 1. The van der Waals surface area contributed by atoms with E-state index >= 15 is 0 Å². The van der Waals surface area contributed by atoms with Crippen LogP contribution in [0, 0.1) is 3.57 Å². The molecule has 0 aliphatic rings. The van der Waals surface area contributed by atoms with Crippen LogP contribution in [0.3, 0.4) is 0 Å². The van der Waals surface area contributed by atoms with E-state index in [0.29, 0.717) is 11.6 Å². The van der Waals surface area contributed by atoms with Gasteiger partial charge in [-0.25, -0.2) is 9.97 Å². The lowest BCUT2D eigenvalue weighted by Gasteiger charge is -2.09. The zero-order valence-corrected chi connectivity index (χ0v) is 12.7. The van der Waals surface area contributed by atoms with E-state index in [2.05, 4.69) is 51.5 Å². The van der Waals surface area contributed by atoms with E-state index in [1.807, 2.05) is 10.7 Å². The molecule has 0 unspecified atom stereocenters. The van der Waals surface area contributed by atoms with E-state index in [1.54, 1.807) is 6.20 Å². The third-order valence-corrected chi connectivity index (χ3v) is 3.84. The number of hydrogen-bond acceptors (Lipinski definition) is 4. The lowest BCUT2D eigenvalue weighted by molar-refractivity contribution is 0.606. The minimum absolute atomic E-state index is 0.543. The third kappa shape index (κ3) is 2.47. The highest BCUT2D eigenvalue weighted by atomic mass is 127. The first-order chi connectivity index (χ1) is 8.67. The molecule has 2 N–H and O–H groups in total. The second-order valence-corrected chi connectivity index (χ2v) is 5.07. The smallest absolute Gasteiger partial charge is 0.180 e. The van der Waals surface area contributed by atoms with E-state index in [1.165, 1.54) is 0 Å². The molecule has 0 saturated carbocycles. The molecule has 0 aromatic carbocycles. The molecule has 0 fully saturated rings. The molecule has 0 bridgehead atoms. The summed E-state index contributed by atoms with van der Waals surface area (Å²) in [6.07, 6.45) is 3.64. The average molecular weight is 357 g/mol. The van der Waals surface area contributed by atoms with Gasteiger partial charge in [0.15, 0.2) is 5.82 Å². The summed E-state index contributed by atoms with van der Waals surface area (Å²) in [6.45, 7) is 5.04. The van der Waals surface area contributed by atoms with Crippen LogP contribution in [-0.2, 0) is 13.0 Å². The first-order valence-electron chi connectivity index (χ1n) is 6.01. The molecule has 18 heavy (non-hydrogen) atoms. The van der Waals surface area contributed by atoms with Gasteiger partial charge in [-0.3, -0.25) is 4.68 Å². The van der Waals surface area contributed by atoms with Crippen LogP contribution >= 0.6 is 22.6 Å². The number of hydrogen-bond donors (Lipinski definition) is 1. The molecule has 2 heterocycles. The number of aromatic nitrogens is 4. The van der Waals surface area contributed by atoms with Crippen molar-refractivity contribution in [1.82, 2.24) is 19.7 Å². The normalized spacial score (nSPS) is 10.8. The Labute approximate surface area is 120 Å². The van der Waals surface area contributed by atoms with Crippen molar-refractivity contribution in [3.63, 3.8) is 0 Å². The summed E-state index contributed by atoms with van der Waals surface area (Å²) in [5, 5.41) is 4.28. The molecule has 0 aliphatic carbocycles. The van der Waals surface area contributed by atoms with E-state index < -0.39 is 0 Å². The summed E-state index contributed by atoms with van der Waals surface area (Å²) in [4.78, 5) is 8.94. The molecule has 2 rings (SSSR count). The Balaban J connectivity index is 2.50. The summed E-state index contributed by atoms with van der Waals surface area (Å²) >= 11 is 2.19. The monoisotopic (exact) mass is 357 g/mol. The van der Waals surface area contributed by atoms with Gasteiger partial charge in [-0.15, -0.1) is 0 Å². The summed E-state index contributed by atoms with van der Waals surface area (Å²) in [7, 11) is 0. The van der Waals surface area contributed by atoms with E-state index in [-0.39, 0.29) is 0 Å². The SMILES string of the molecule is CCCn1nccc1-c1nc(N)c(I)c(CC)n1. The van der Waals surface area contributed by atoms with Gasteiger partial charge >= 0.3 is 0 Å². The molecule has 5 nitrogen and oxygen atoms in total. The van der Waals surface area contributed by atoms with Crippen molar-refractivity contribution in [3.05, 3.63) is 21.5 Å². The second kappa shape index (κ2) is 5.64. The average Bonchev–Trinajstić information content (AvgIpc) is 2.81. The number of halogens is 1. The van der Waals surface area contributed by atoms with Crippen molar-refractivity contribution in [1.29, 1.82) is 0 Å². The number of rotatable bonds is 4. The van der Waals surface area contributed by atoms with Gasteiger partial charge in [0.2, 0.25) is 0 Å². The minimum Gasteiger partial charge on any atom is -0.383 e. The first kappa shape index (κ1) is 13.3. The molecular weight excluding hydrogens is 341 g/mol.